The van der Waals surface area contributed by atoms with E-state index in [0.717, 1.165) is 0 Å². The molecule has 0 spiro atoms. The van der Waals surface area contributed by atoms with Crippen LogP contribution in [0.3, 0.4) is 0 Å². The van der Waals surface area contributed by atoms with Gasteiger partial charge in [0.05, 0.1) is 17.0 Å². The zero-order valence-corrected chi connectivity index (χ0v) is 15.3. The van der Waals surface area contributed by atoms with Gasteiger partial charge in [0.25, 0.3) is 5.91 Å². The molecule has 2 aliphatic heterocycles. The summed E-state index contributed by atoms with van der Waals surface area (Å²) >= 11 is 0. The minimum Gasteiger partial charge on any atom is -0.351 e. The normalized spacial score (nSPS) is 20.5. The van der Waals surface area contributed by atoms with Crippen LogP contribution in [0, 0.1) is 11.6 Å². The molecule has 2 aliphatic rings. The van der Waals surface area contributed by atoms with E-state index >= 15 is 0 Å². The average molecular weight is 383 g/mol. The Morgan fingerprint density at radius 2 is 2.00 bits per heavy atom. The second-order valence-corrected chi connectivity index (χ2v) is 6.70. The van der Waals surface area contributed by atoms with Crippen LogP contribution < -0.4 is 5.32 Å². The van der Waals surface area contributed by atoms with Gasteiger partial charge in [-0.15, -0.1) is 0 Å². The van der Waals surface area contributed by atoms with E-state index < -0.39 is 17.9 Å². The summed E-state index contributed by atoms with van der Waals surface area (Å²) in [5.74, 6) is -1.35. The number of rotatable bonds is 3. The number of carbonyl (C=O) groups is 1. The number of aromatic nitrogens is 2. The maximum atomic E-state index is 14.2. The molecule has 28 heavy (non-hydrogen) atoms. The molecule has 8 heteroatoms. The number of likely N-dealkylation sites (N-methyl/N-ethyl adjacent to an activating group) is 1. The summed E-state index contributed by atoms with van der Waals surface area (Å²) in [6, 6.07) is 5.57. The SMILES string of the molecule is CN1C(=O)C=C(c2ccncn2)NC1N1CCC=C(c2c(F)cccc2F)C1. The molecule has 0 radical (unpaired) electrons. The fraction of sp³-hybridized carbons (Fsp3) is 0.250. The van der Waals surface area contributed by atoms with Gasteiger partial charge < -0.3 is 10.2 Å². The lowest BCUT2D eigenvalue weighted by molar-refractivity contribution is -0.132. The number of halogens is 2. The van der Waals surface area contributed by atoms with Gasteiger partial charge >= 0.3 is 0 Å². The zero-order chi connectivity index (χ0) is 19.7. The van der Waals surface area contributed by atoms with Gasteiger partial charge in [0.15, 0.2) is 6.29 Å². The first kappa shape index (κ1) is 18.2. The maximum absolute atomic E-state index is 14.2. The van der Waals surface area contributed by atoms with Crippen molar-refractivity contribution >= 4 is 17.2 Å². The molecule has 2 aromatic rings. The van der Waals surface area contributed by atoms with Crippen LogP contribution in [0.5, 0.6) is 0 Å². The van der Waals surface area contributed by atoms with E-state index in [1.165, 1.54) is 30.6 Å². The minimum absolute atomic E-state index is 0.0106. The Morgan fingerprint density at radius 1 is 1.21 bits per heavy atom. The predicted octanol–water partition coefficient (Wildman–Crippen LogP) is 2.23. The van der Waals surface area contributed by atoms with E-state index in [4.69, 9.17) is 0 Å². The first-order valence-corrected chi connectivity index (χ1v) is 8.93. The highest BCUT2D eigenvalue weighted by molar-refractivity contribution is 5.96. The quantitative estimate of drug-likeness (QED) is 0.881. The van der Waals surface area contributed by atoms with Gasteiger partial charge in [-0.05, 0) is 30.2 Å². The minimum atomic E-state index is -0.587. The van der Waals surface area contributed by atoms with Gasteiger partial charge in [0.1, 0.15) is 18.0 Å². The second kappa shape index (κ2) is 7.47. The molecule has 6 nitrogen and oxygen atoms in total. The molecule has 0 saturated carbocycles. The third kappa shape index (κ3) is 3.38. The van der Waals surface area contributed by atoms with E-state index in [9.17, 15) is 13.6 Å². The van der Waals surface area contributed by atoms with Crippen LogP contribution in [-0.2, 0) is 4.79 Å². The van der Waals surface area contributed by atoms with Crippen molar-refractivity contribution in [3.05, 3.63) is 71.8 Å². The summed E-state index contributed by atoms with van der Waals surface area (Å²) in [5.41, 5.74) is 1.75. The lowest BCUT2D eigenvalue weighted by Gasteiger charge is -2.42. The van der Waals surface area contributed by atoms with Gasteiger partial charge in [-0.2, -0.15) is 0 Å². The van der Waals surface area contributed by atoms with Gasteiger partial charge in [-0.1, -0.05) is 12.1 Å². The van der Waals surface area contributed by atoms with Crippen molar-refractivity contribution in [3.8, 4) is 0 Å². The van der Waals surface area contributed by atoms with E-state index in [2.05, 4.69) is 15.3 Å². The zero-order valence-electron chi connectivity index (χ0n) is 15.3. The number of benzene rings is 1. The van der Waals surface area contributed by atoms with Crippen molar-refractivity contribution in [1.29, 1.82) is 0 Å². The lowest BCUT2D eigenvalue weighted by Crippen LogP contribution is -2.59. The fourth-order valence-corrected chi connectivity index (χ4v) is 3.52. The number of nitrogens with one attached hydrogen (secondary N) is 1. The van der Waals surface area contributed by atoms with Gasteiger partial charge in [-0.25, -0.2) is 18.7 Å². The lowest BCUT2D eigenvalue weighted by atomic mass is 10.00. The van der Waals surface area contributed by atoms with Crippen molar-refractivity contribution in [3.63, 3.8) is 0 Å². The number of hydrogen-bond acceptors (Lipinski definition) is 5. The summed E-state index contributed by atoms with van der Waals surface area (Å²) in [6.07, 6.45) is 6.51. The Bertz CT molecular complexity index is 940. The highest BCUT2D eigenvalue weighted by Gasteiger charge is 2.32. The summed E-state index contributed by atoms with van der Waals surface area (Å²) in [4.78, 5) is 24.1. The highest BCUT2D eigenvalue weighted by Crippen LogP contribution is 2.28. The topological polar surface area (TPSA) is 61.4 Å². The van der Waals surface area contributed by atoms with Gasteiger partial charge in [0.2, 0.25) is 0 Å². The van der Waals surface area contributed by atoms with Crippen molar-refractivity contribution in [2.24, 2.45) is 0 Å². The third-order valence-electron chi connectivity index (χ3n) is 4.94. The van der Waals surface area contributed by atoms with Crippen molar-refractivity contribution < 1.29 is 13.6 Å². The van der Waals surface area contributed by atoms with Gasteiger partial charge in [-0.3, -0.25) is 9.69 Å². The van der Waals surface area contributed by atoms with Crippen molar-refractivity contribution in [1.82, 2.24) is 25.1 Å². The van der Waals surface area contributed by atoms with E-state index in [0.29, 0.717) is 36.5 Å². The Balaban J connectivity index is 1.60. The standard InChI is InChI=1S/C20H19F2N5O/c1-26-18(28)10-17(16-7-8-23-12-24-16)25-20(26)27-9-3-4-13(11-27)19-14(21)5-2-6-15(19)22/h2,4-8,10,12,20,25H,3,9,11H2,1H3. The van der Waals surface area contributed by atoms with Crippen LogP contribution in [0.4, 0.5) is 8.78 Å². The van der Waals surface area contributed by atoms with Crippen molar-refractivity contribution in [2.75, 3.05) is 20.1 Å². The Kier molecular flexibility index (Phi) is 4.87. The van der Waals surface area contributed by atoms with E-state index in [1.807, 2.05) is 11.0 Å². The Hall–Kier alpha value is -3.13. The first-order valence-electron chi connectivity index (χ1n) is 8.93. The molecule has 3 heterocycles. The van der Waals surface area contributed by atoms with Crippen molar-refractivity contribution in [2.45, 2.75) is 12.7 Å². The summed E-state index contributed by atoms with van der Waals surface area (Å²) in [7, 11) is 1.69. The highest BCUT2D eigenvalue weighted by atomic mass is 19.1. The molecule has 1 amide bonds. The molecule has 1 aromatic carbocycles. The van der Waals surface area contributed by atoms with Crippen LogP contribution in [0.2, 0.25) is 0 Å². The number of amides is 1. The molecule has 1 atom stereocenters. The summed E-state index contributed by atoms with van der Waals surface area (Å²) in [5, 5.41) is 3.31. The molecule has 144 valence electrons. The molecular formula is C20H19F2N5O. The Morgan fingerprint density at radius 3 is 2.71 bits per heavy atom. The average Bonchev–Trinajstić information content (AvgIpc) is 2.71. The van der Waals surface area contributed by atoms with Crippen LogP contribution in [-0.4, -0.2) is 52.1 Å². The number of carbonyl (C=O) groups excluding carboxylic acids is 1. The monoisotopic (exact) mass is 383 g/mol. The molecule has 1 aromatic heterocycles. The maximum Gasteiger partial charge on any atom is 0.251 e. The van der Waals surface area contributed by atoms with Crippen LogP contribution in [0.15, 0.2) is 48.9 Å². The smallest absolute Gasteiger partial charge is 0.251 e. The fourth-order valence-electron chi connectivity index (χ4n) is 3.52. The number of hydrogen-bond donors (Lipinski definition) is 1. The molecule has 1 N–H and O–H groups in total. The first-order chi connectivity index (χ1) is 13.5. The van der Waals surface area contributed by atoms with Crippen LogP contribution in [0.1, 0.15) is 17.7 Å². The molecule has 0 aliphatic carbocycles. The molecule has 0 fully saturated rings. The van der Waals surface area contributed by atoms with E-state index in [-0.39, 0.29) is 11.5 Å². The molecule has 0 bridgehead atoms. The molecular weight excluding hydrogens is 364 g/mol. The van der Waals surface area contributed by atoms with E-state index in [1.54, 1.807) is 24.2 Å². The summed E-state index contributed by atoms with van der Waals surface area (Å²) < 4.78 is 28.4. The third-order valence-corrected chi connectivity index (χ3v) is 4.94. The van der Waals surface area contributed by atoms with Gasteiger partial charge in [0, 0.05) is 32.4 Å². The van der Waals surface area contributed by atoms with Crippen LogP contribution >= 0.6 is 0 Å². The van der Waals surface area contributed by atoms with Crippen LogP contribution in [0.25, 0.3) is 11.3 Å². The predicted molar refractivity (Wildman–Crippen MR) is 100 cm³/mol. The number of nitrogens with zero attached hydrogens (tertiary/aromatic N) is 4. The summed E-state index contributed by atoms with van der Waals surface area (Å²) in [6.45, 7) is 0.954. The largest absolute Gasteiger partial charge is 0.351 e. The second-order valence-electron chi connectivity index (χ2n) is 6.70. The molecule has 4 rings (SSSR count). The Labute approximate surface area is 161 Å². The molecule has 0 saturated heterocycles. The molecule has 1 unspecified atom stereocenters.